The van der Waals surface area contributed by atoms with Crippen molar-refractivity contribution in [2.75, 3.05) is 0 Å². The molecule has 1 aliphatic rings. The lowest BCUT2D eigenvalue weighted by molar-refractivity contribution is 0.717. The number of allylic oxidation sites excluding steroid dienone is 1. The fraction of sp³-hybridized carbons (Fsp3) is 0.429. The van der Waals surface area contributed by atoms with E-state index in [9.17, 15) is 0 Å². The van der Waals surface area contributed by atoms with Gasteiger partial charge in [-0.1, -0.05) is 64.6 Å². The lowest BCUT2D eigenvalue weighted by atomic mass is 9.91. The highest BCUT2D eigenvalue weighted by molar-refractivity contribution is 5.56. The number of benzene rings is 1. The predicted molar refractivity (Wildman–Crippen MR) is 66.4 cm³/mol. The molecule has 0 bridgehead atoms. The molecule has 1 aromatic rings. The molecule has 0 fully saturated rings. The van der Waals surface area contributed by atoms with Crippen LogP contribution in [0.2, 0.25) is 0 Å². The molecule has 0 heterocycles. The van der Waals surface area contributed by atoms with Crippen molar-refractivity contribution in [3.05, 3.63) is 41.5 Å². The van der Waals surface area contributed by atoms with E-state index >= 15 is 0 Å². The molecule has 1 aliphatic carbocycles. The first kappa shape index (κ1) is 13.0. The van der Waals surface area contributed by atoms with Gasteiger partial charge in [0, 0.05) is 0 Å². The van der Waals surface area contributed by atoms with Crippen molar-refractivity contribution >= 4 is 6.08 Å². The molecule has 0 N–H and O–H groups in total. The summed E-state index contributed by atoms with van der Waals surface area (Å²) < 4.78 is 0. The van der Waals surface area contributed by atoms with Crippen molar-refractivity contribution in [2.24, 2.45) is 5.92 Å². The van der Waals surface area contributed by atoms with Crippen LogP contribution in [0.5, 0.6) is 0 Å². The number of fused-ring (bicyclic) bond motifs is 1. The second-order valence-electron chi connectivity index (χ2n) is 3.24. The molecular formula is C14H22. The van der Waals surface area contributed by atoms with Crippen molar-refractivity contribution < 1.29 is 0 Å². The van der Waals surface area contributed by atoms with E-state index in [-0.39, 0.29) is 7.43 Å². The monoisotopic (exact) mass is 190 g/mol. The number of hydrogen-bond acceptors (Lipinski definition) is 0. The molecule has 0 heteroatoms. The maximum absolute atomic E-state index is 2.28. The van der Waals surface area contributed by atoms with Crippen molar-refractivity contribution in [1.29, 1.82) is 0 Å². The zero-order chi connectivity index (χ0) is 9.68. The Hall–Kier alpha value is -1.04. The summed E-state index contributed by atoms with van der Waals surface area (Å²) in [6, 6.07) is 8.61. The quantitative estimate of drug-likeness (QED) is 0.563. The molecular weight excluding hydrogens is 168 g/mol. The van der Waals surface area contributed by atoms with Gasteiger partial charge in [0.05, 0.1) is 0 Å². The molecule has 0 saturated heterocycles. The van der Waals surface area contributed by atoms with Gasteiger partial charge in [0.1, 0.15) is 0 Å². The highest BCUT2D eigenvalue weighted by atomic mass is 14.1. The van der Waals surface area contributed by atoms with Gasteiger partial charge in [-0.25, -0.2) is 0 Å². The SMILES string of the molecule is C.CC.CC1C=Cc2ccccc2C1. The van der Waals surface area contributed by atoms with Gasteiger partial charge in [0.25, 0.3) is 0 Å². The first-order valence-electron chi connectivity index (χ1n) is 5.12. The van der Waals surface area contributed by atoms with E-state index in [4.69, 9.17) is 0 Å². The summed E-state index contributed by atoms with van der Waals surface area (Å²) in [6.45, 7) is 6.26. The maximum Gasteiger partial charge on any atom is -0.0212 e. The van der Waals surface area contributed by atoms with E-state index in [0.717, 1.165) is 0 Å². The van der Waals surface area contributed by atoms with Gasteiger partial charge in [0.2, 0.25) is 0 Å². The fourth-order valence-electron chi connectivity index (χ4n) is 1.57. The van der Waals surface area contributed by atoms with Crippen molar-refractivity contribution in [2.45, 2.75) is 34.6 Å². The van der Waals surface area contributed by atoms with Crippen LogP contribution in [-0.4, -0.2) is 0 Å². The molecule has 1 atom stereocenters. The zero-order valence-electron chi connectivity index (χ0n) is 8.75. The van der Waals surface area contributed by atoms with Crippen LogP contribution in [0, 0.1) is 5.92 Å². The van der Waals surface area contributed by atoms with Crippen LogP contribution in [0.1, 0.15) is 39.3 Å². The third-order valence-corrected chi connectivity index (χ3v) is 2.20. The molecule has 0 nitrogen and oxygen atoms in total. The molecule has 0 saturated carbocycles. The molecule has 0 aliphatic heterocycles. The summed E-state index contributed by atoms with van der Waals surface area (Å²) in [7, 11) is 0. The Labute approximate surface area is 88.7 Å². The Balaban J connectivity index is 0.000000531. The molecule has 14 heavy (non-hydrogen) atoms. The lowest BCUT2D eigenvalue weighted by Gasteiger charge is -2.14. The minimum absolute atomic E-state index is 0. The molecule has 0 spiro atoms. The van der Waals surface area contributed by atoms with Gasteiger partial charge >= 0.3 is 0 Å². The summed E-state index contributed by atoms with van der Waals surface area (Å²) in [4.78, 5) is 0. The van der Waals surface area contributed by atoms with E-state index in [0.29, 0.717) is 5.92 Å². The highest BCUT2D eigenvalue weighted by Crippen LogP contribution is 2.21. The van der Waals surface area contributed by atoms with Gasteiger partial charge in [-0.05, 0) is 23.5 Å². The molecule has 0 amide bonds. The standard InChI is InChI=1S/C11H12.C2H6.CH4/c1-9-6-7-10-4-2-3-5-11(10)8-9;1-2;/h2-7,9H,8H2,1H3;1-2H3;1H4. The van der Waals surface area contributed by atoms with Gasteiger partial charge < -0.3 is 0 Å². The second-order valence-corrected chi connectivity index (χ2v) is 3.24. The minimum atomic E-state index is 0. The summed E-state index contributed by atoms with van der Waals surface area (Å²) in [5.41, 5.74) is 2.88. The van der Waals surface area contributed by atoms with Crippen molar-refractivity contribution in [3.8, 4) is 0 Å². The maximum atomic E-state index is 2.28. The smallest absolute Gasteiger partial charge is 0.0212 e. The van der Waals surface area contributed by atoms with Crippen molar-refractivity contribution in [1.82, 2.24) is 0 Å². The predicted octanol–water partition coefficient (Wildman–Crippen LogP) is 4.55. The average Bonchev–Trinajstić information content (AvgIpc) is 2.21. The van der Waals surface area contributed by atoms with Gasteiger partial charge in [0.15, 0.2) is 0 Å². The topological polar surface area (TPSA) is 0 Å². The summed E-state index contributed by atoms with van der Waals surface area (Å²) in [5, 5.41) is 0. The third kappa shape index (κ3) is 3.02. The Morgan fingerprint density at radius 3 is 2.50 bits per heavy atom. The molecule has 78 valence electrons. The lowest BCUT2D eigenvalue weighted by Crippen LogP contribution is -2.02. The largest absolute Gasteiger partial charge is 0.0808 e. The van der Waals surface area contributed by atoms with Gasteiger partial charge in [-0.15, -0.1) is 0 Å². The first-order chi connectivity index (χ1) is 6.36. The Morgan fingerprint density at radius 2 is 1.79 bits per heavy atom. The van der Waals surface area contributed by atoms with Crippen LogP contribution in [0.15, 0.2) is 30.3 Å². The fourth-order valence-corrected chi connectivity index (χ4v) is 1.57. The molecule has 0 aromatic heterocycles. The zero-order valence-corrected chi connectivity index (χ0v) is 8.75. The first-order valence-corrected chi connectivity index (χ1v) is 5.12. The van der Waals surface area contributed by atoms with E-state index in [1.54, 1.807) is 0 Å². The normalized spacial score (nSPS) is 17.2. The second kappa shape index (κ2) is 6.42. The molecule has 1 unspecified atom stereocenters. The summed E-state index contributed by atoms with van der Waals surface area (Å²) in [6.07, 6.45) is 5.71. The highest BCUT2D eigenvalue weighted by Gasteiger charge is 2.07. The summed E-state index contributed by atoms with van der Waals surface area (Å²) >= 11 is 0. The van der Waals surface area contributed by atoms with Gasteiger partial charge in [-0.3, -0.25) is 0 Å². The van der Waals surface area contributed by atoms with E-state index in [1.807, 2.05) is 13.8 Å². The van der Waals surface area contributed by atoms with Crippen molar-refractivity contribution in [3.63, 3.8) is 0 Å². The number of hydrogen-bond donors (Lipinski definition) is 0. The van der Waals surface area contributed by atoms with E-state index in [1.165, 1.54) is 17.5 Å². The third-order valence-electron chi connectivity index (χ3n) is 2.20. The van der Waals surface area contributed by atoms with Crippen LogP contribution < -0.4 is 0 Å². The Kier molecular flexibility index (Phi) is 5.94. The molecule has 2 rings (SSSR count). The Bertz CT molecular complexity index is 284. The van der Waals surface area contributed by atoms with Crippen LogP contribution in [0.4, 0.5) is 0 Å². The van der Waals surface area contributed by atoms with E-state index in [2.05, 4.69) is 43.3 Å². The van der Waals surface area contributed by atoms with Crippen LogP contribution in [0.25, 0.3) is 6.08 Å². The molecule has 0 radical (unpaired) electrons. The average molecular weight is 190 g/mol. The van der Waals surface area contributed by atoms with E-state index < -0.39 is 0 Å². The van der Waals surface area contributed by atoms with Crippen LogP contribution >= 0.6 is 0 Å². The van der Waals surface area contributed by atoms with Crippen LogP contribution in [0.3, 0.4) is 0 Å². The number of rotatable bonds is 0. The summed E-state index contributed by atoms with van der Waals surface area (Å²) in [5.74, 6) is 0.713. The molecule has 1 aromatic carbocycles. The Morgan fingerprint density at radius 1 is 1.14 bits per heavy atom. The minimum Gasteiger partial charge on any atom is -0.0808 e. The van der Waals surface area contributed by atoms with Gasteiger partial charge in [-0.2, -0.15) is 0 Å². The van der Waals surface area contributed by atoms with Crippen LogP contribution in [-0.2, 0) is 6.42 Å².